The van der Waals surface area contributed by atoms with E-state index in [-0.39, 0.29) is 0 Å². The van der Waals surface area contributed by atoms with E-state index in [0.717, 1.165) is 50.0 Å². The molecular weight excluding hydrogens is 236 g/mol. The third-order valence-electron chi connectivity index (χ3n) is 3.92. The minimum atomic E-state index is 0.820. The molecule has 0 bridgehead atoms. The van der Waals surface area contributed by atoms with Crippen LogP contribution in [0, 0.1) is 5.92 Å². The molecule has 0 amide bonds. The molecule has 1 aliphatic heterocycles. The highest BCUT2D eigenvalue weighted by atomic mass is 15.2. The number of nitrogens with zero attached hydrogens (tertiary/aromatic N) is 3. The van der Waals surface area contributed by atoms with Gasteiger partial charge in [0.05, 0.1) is 11.9 Å². The summed E-state index contributed by atoms with van der Waals surface area (Å²) < 4.78 is 0. The molecular formula is C15H26N4. The van der Waals surface area contributed by atoms with Crippen LogP contribution in [0.5, 0.6) is 0 Å². The number of nitrogens with one attached hydrogen (secondary N) is 1. The van der Waals surface area contributed by atoms with Crippen molar-refractivity contribution in [3.05, 3.63) is 18.1 Å². The molecule has 4 nitrogen and oxygen atoms in total. The summed E-state index contributed by atoms with van der Waals surface area (Å²) in [7, 11) is 0. The molecule has 1 aromatic rings. The summed E-state index contributed by atoms with van der Waals surface area (Å²) in [6.45, 7) is 8.57. The van der Waals surface area contributed by atoms with Crippen molar-refractivity contribution in [3.63, 3.8) is 0 Å². The molecule has 1 aromatic heterocycles. The molecule has 1 aliphatic rings. The molecule has 2 rings (SSSR count). The lowest BCUT2D eigenvalue weighted by atomic mass is 9.94. The summed E-state index contributed by atoms with van der Waals surface area (Å²) in [6.07, 6.45) is 8.80. The standard InChI is InChI=1S/C15H26N4/c1-3-7-16-10-14-11-17-12-15(18-14)19-8-5-13(4-2)6-9-19/h11-13,16H,3-10H2,1-2H3. The van der Waals surface area contributed by atoms with Crippen LogP contribution in [0.15, 0.2) is 12.4 Å². The molecule has 106 valence electrons. The summed E-state index contributed by atoms with van der Waals surface area (Å²) in [5, 5.41) is 3.38. The van der Waals surface area contributed by atoms with Crippen molar-refractivity contribution >= 4 is 5.82 Å². The SMILES string of the molecule is CCCNCc1cncc(N2CCC(CC)CC2)n1. The van der Waals surface area contributed by atoms with Gasteiger partial charge in [-0.3, -0.25) is 4.98 Å². The quantitative estimate of drug-likeness (QED) is 0.800. The van der Waals surface area contributed by atoms with Crippen LogP contribution in [0.25, 0.3) is 0 Å². The van der Waals surface area contributed by atoms with E-state index < -0.39 is 0 Å². The zero-order valence-corrected chi connectivity index (χ0v) is 12.2. The Bertz CT molecular complexity index is 372. The molecule has 4 heteroatoms. The molecule has 1 N–H and O–H groups in total. The average molecular weight is 262 g/mol. The highest BCUT2D eigenvalue weighted by molar-refractivity contribution is 5.36. The second kappa shape index (κ2) is 7.43. The second-order valence-electron chi connectivity index (χ2n) is 5.38. The zero-order valence-electron chi connectivity index (χ0n) is 12.2. The Balaban J connectivity index is 1.91. The predicted octanol–water partition coefficient (Wildman–Crippen LogP) is 2.60. The minimum absolute atomic E-state index is 0.820. The first kappa shape index (κ1) is 14.3. The van der Waals surface area contributed by atoms with Crippen LogP contribution >= 0.6 is 0 Å². The molecule has 0 saturated carbocycles. The van der Waals surface area contributed by atoms with E-state index in [9.17, 15) is 0 Å². The summed E-state index contributed by atoms with van der Waals surface area (Å²) in [5.74, 6) is 1.95. The maximum absolute atomic E-state index is 4.72. The summed E-state index contributed by atoms with van der Waals surface area (Å²) in [5.41, 5.74) is 1.04. The molecule has 1 saturated heterocycles. The largest absolute Gasteiger partial charge is 0.355 e. The summed E-state index contributed by atoms with van der Waals surface area (Å²) >= 11 is 0. The lowest BCUT2D eigenvalue weighted by Gasteiger charge is -2.32. The lowest BCUT2D eigenvalue weighted by Crippen LogP contribution is -2.34. The van der Waals surface area contributed by atoms with Crippen molar-refractivity contribution < 1.29 is 0 Å². The van der Waals surface area contributed by atoms with Crippen molar-refractivity contribution in [1.82, 2.24) is 15.3 Å². The van der Waals surface area contributed by atoms with Crippen molar-refractivity contribution in [1.29, 1.82) is 0 Å². The molecule has 19 heavy (non-hydrogen) atoms. The van der Waals surface area contributed by atoms with E-state index in [1.807, 2.05) is 12.4 Å². The number of hydrogen-bond acceptors (Lipinski definition) is 4. The Morgan fingerprint density at radius 1 is 1.26 bits per heavy atom. The average Bonchev–Trinajstić information content (AvgIpc) is 2.48. The summed E-state index contributed by atoms with van der Waals surface area (Å²) in [4.78, 5) is 11.4. The zero-order chi connectivity index (χ0) is 13.5. The number of rotatable bonds is 6. The number of piperidine rings is 1. The maximum atomic E-state index is 4.72. The van der Waals surface area contributed by atoms with Crippen LogP contribution < -0.4 is 10.2 Å². The van der Waals surface area contributed by atoms with E-state index in [0.29, 0.717) is 0 Å². The van der Waals surface area contributed by atoms with E-state index in [1.54, 1.807) is 0 Å². The maximum Gasteiger partial charge on any atom is 0.147 e. The van der Waals surface area contributed by atoms with Gasteiger partial charge in [-0.25, -0.2) is 4.98 Å². The van der Waals surface area contributed by atoms with Crippen molar-refractivity contribution in [2.75, 3.05) is 24.5 Å². The van der Waals surface area contributed by atoms with Gasteiger partial charge >= 0.3 is 0 Å². The van der Waals surface area contributed by atoms with Crippen molar-refractivity contribution in [2.45, 2.75) is 46.1 Å². The Kier molecular flexibility index (Phi) is 5.58. The highest BCUT2D eigenvalue weighted by Gasteiger charge is 2.19. The first-order chi connectivity index (χ1) is 9.33. The molecule has 1 fully saturated rings. The Labute approximate surface area is 116 Å². The molecule has 0 spiro atoms. The van der Waals surface area contributed by atoms with Crippen LogP contribution in [0.2, 0.25) is 0 Å². The Morgan fingerprint density at radius 2 is 2.05 bits per heavy atom. The molecule has 0 unspecified atom stereocenters. The van der Waals surface area contributed by atoms with E-state index in [2.05, 4.69) is 29.0 Å². The van der Waals surface area contributed by atoms with Gasteiger partial charge < -0.3 is 10.2 Å². The van der Waals surface area contributed by atoms with Gasteiger partial charge in [0.25, 0.3) is 0 Å². The van der Waals surface area contributed by atoms with Crippen LogP contribution in [0.3, 0.4) is 0 Å². The topological polar surface area (TPSA) is 41.1 Å². The molecule has 0 aliphatic carbocycles. The van der Waals surface area contributed by atoms with Gasteiger partial charge in [0.1, 0.15) is 5.82 Å². The normalized spacial score (nSPS) is 16.8. The smallest absolute Gasteiger partial charge is 0.147 e. The Morgan fingerprint density at radius 3 is 2.74 bits per heavy atom. The molecule has 0 aromatic carbocycles. The van der Waals surface area contributed by atoms with Gasteiger partial charge in [-0.1, -0.05) is 20.3 Å². The van der Waals surface area contributed by atoms with Gasteiger partial charge in [-0.2, -0.15) is 0 Å². The van der Waals surface area contributed by atoms with Gasteiger partial charge in [0, 0.05) is 25.8 Å². The fourth-order valence-corrected chi connectivity index (χ4v) is 2.60. The number of anilines is 1. The van der Waals surface area contributed by atoms with E-state index in [4.69, 9.17) is 4.98 Å². The first-order valence-corrected chi connectivity index (χ1v) is 7.60. The minimum Gasteiger partial charge on any atom is -0.355 e. The van der Waals surface area contributed by atoms with Crippen molar-refractivity contribution in [2.24, 2.45) is 5.92 Å². The summed E-state index contributed by atoms with van der Waals surface area (Å²) in [6, 6.07) is 0. The van der Waals surface area contributed by atoms with Gasteiger partial charge in [0.15, 0.2) is 0 Å². The third kappa shape index (κ3) is 4.16. The van der Waals surface area contributed by atoms with E-state index >= 15 is 0 Å². The number of aromatic nitrogens is 2. The van der Waals surface area contributed by atoms with Crippen LogP contribution in [0.1, 0.15) is 45.2 Å². The first-order valence-electron chi connectivity index (χ1n) is 7.60. The fourth-order valence-electron chi connectivity index (χ4n) is 2.60. The van der Waals surface area contributed by atoms with Gasteiger partial charge in [0.2, 0.25) is 0 Å². The second-order valence-corrected chi connectivity index (χ2v) is 5.38. The van der Waals surface area contributed by atoms with E-state index in [1.165, 1.54) is 19.3 Å². The third-order valence-corrected chi connectivity index (χ3v) is 3.92. The van der Waals surface area contributed by atoms with Crippen molar-refractivity contribution in [3.8, 4) is 0 Å². The van der Waals surface area contributed by atoms with Crippen LogP contribution in [-0.4, -0.2) is 29.6 Å². The monoisotopic (exact) mass is 262 g/mol. The fraction of sp³-hybridized carbons (Fsp3) is 0.733. The molecule has 0 radical (unpaired) electrons. The Hall–Kier alpha value is -1.16. The number of hydrogen-bond donors (Lipinski definition) is 1. The predicted molar refractivity (Wildman–Crippen MR) is 79.3 cm³/mol. The lowest BCUT2D eigenvalue weighted by molar-refractivity contribution is 0.393. The van der Waals surface area contributed by atoms with Crippen LogP contribution in [0.4, 0.5) is 5.82 Å². The van der Waals surface area contributed by atoms with Gasteiger partial charge in [-0.15, -0.1) is 0 Å². The van der Waals surface area contributed by atoms with Gasteiger partial charge in [-0.05, 0) is 31.7 Å². The molecule has 2 heterocycles. The van der Waals surface area contributed by atoms with Crippen LogP contribution in [-0.2, 0) is 6.54 Å². The highest BCUT2D eigenvalue weighted by Crippen LogP contribution is 2.23. The molecule has 0 atom stereocenters.